The Morgan fingerprint density at radius 2 is 1.61 bits per heavy atom. The van der Waals surface area contributed by atoms with Crippen LogP contribution in [0.25, 0.3) is 11.4 Å². The number of nitrogens with one attached hydrogen (secondary N) is 1. The molecule has 1 aliphatic carbocycles. The summed E-state index contributed by atoms with van der Waals surface area (Å²) in [5.41, 5.74) is 4.30. The summed E-state index contributed by atoms with van der Waals surface area (Å²) in [5.74, 6) is 0.666. The van der Waals surface area contributed by atoms with Crippen LogP contribution in [0, 0.1) is 0 Å². The second-order valence-electron chi connectivity index (χ2n) is 7.07. The van der Waals surface area contributed by atoms with Crippen molar-refractivity contribution in [3.05, 3.63) is 77.6 Å². The maximum Gasteiger partial charge on any atom is 0.240 e. The number of fused-ring (bicyclic) bond motifs is 1. The summed E-state index contributed by atoms with van der Waals surface area (Å²) >= 11 is 0. The lowest BCUT2D eigenvalue weighted by atomic mass is 9.92. The molecule has 6 heteroatoms. The minimum atomic E-state index is -3.51. The molecule has 0 radical (unpaired) electrons. The topological polar surface area (TPSA) is 72.0 Å². The summed E-state index contributed by atoms with van der Waals surface area (Å²) in [4.78, 5) is 9.11. The first kappa shape index (κ1) is 18.8. The molecule has 0 aliphatic heterocycles. The third-order valence-electron chi connectivity index (χ3n) is 5.07. The van der Waals surface area contributed by atoms with Crippen molar-refractivity contribution in [2.45, 2.75) is 37.0 Å². The highest BCUT2D eigenvalue weighted by Crippen LogP contribution is 2.24. The second kappa shape index (κ2) is 8.20. The number of sulfonamides is 1. The monoisotopic (exact) mass is 393 g/mol. The molecule has 5 nitrogen and oxygen atoms in total. The summed E-state index contributed by atoms with van der Waals surface area (Å²) in [6, 6.07) is 15.3. The zero-order valence-corrected chi connectivity index (χ0v) is 16.5. The molecule has 0 unspecified atom stereocenters. The summed E-state index contributed by atoms with van der Waals surface area (Å²) in [5, 5.41) is 0. The van der Waals surface area contributed by atoms with Gasteiger partial charge >= 0.3 is 0 Å². The van der Waals surface area contributed by atoms with Crippen LogP contribution in [-0.4, -0.2) is 24.9 Å². The van der Waals surface area contributed by atoms with Gasteiger partial charge < -0.3 is 0 Å². The molecule has 144 valence electrons. The predicted octanol–water partition coefficient (Wildman–Crippen LogP) is 3.54. The van der Waals surface area contributed by atoms with Gasteiger partial charge in [-0.1, -0.05) is 36.4 Å². The minimum Gasteiger partial charge on any atom is -0.236 e. The highest BCUT2D eigenvalue weighted by Gasteiger charge is 2.17. The average Bonchev–Trinajstić information content (AvgIpc) is 2.74. The van der Waals surface area contributed by atoms with Gasteiger partial charge in [-0.05, 0) is 60.9 Å². The molecule has 1 aliphatic rings. The lowest BCUT2D eigenvalue weighted by Gasteiger charge is -2.16. The maximum absolute atomic E-state index is 12.6. The van der Waals surface area contributed by atoms with E-state index in [0.29, 0.717) is 23.7 Å². The van der Waals surface area contributed by atoms with Gasteiger partial charge in [-0.25, -0.2) is 23.1 Å². The van der Waals surface area contributed by atoms with Crippen molar-refractivity contribution in [1.82, 2.24) is 14.7 Å². The first-order valence-electron chi connectivity index (χ1n) is 9.60. The first-order chi connectivity index (χ1) is 13.6. The fourth-order valence-electron chi connectivity index (χ4n) is 3.51. The van der Waals surface area contributed by atoms with Gasteiger partial charge in [0.05, 0.1) is 4.90 Å². The summed E-state index contributed by atoms with van der Waals surface area (Å²) in [6.07, 6.45) is 8.36. The normalized spacial score (nSPS) is 13.9. The molecule has 3 aromatic rings. The molecule has 1 aromatic heterocycles. The Balaban J connectivity index is 1.38. The van der Waals surface area contributed by atoms with Crippen LogP contribution in [0.4, 0.5) is 0 Å². The van der Waals surface area contributed by atoms with Crippen molar-refractivity contribution in [3.63, 3.8) is 0 Å². The standard InChI is InChI=1S/C22H23N3O2S/c26-28(27,21-11-10-18-6-4-5-9-20(18)14-21)25-13-12-17-15-23-22(24-16-17)19-7-2-1-3-8-19/h1-3,7-8,10-11,14-16,25H,4-6,9,12-13H2. The van der Waals surface area contributed by atoms with E-state index in [0.717, 1.165) is 30.4 Å². The third kappa shape index (κ3) is 4.29. The van der Waals surface area contributed by atoms with Crippen molar-refractivity contribution < 1.29 is 8.42 Å². The van der Waals surface area contributed by atoms with Crippen molar-refractivity contribution in [1.29, 1.82) is 0 Å². The van der Waals surface area contributed by atoms with Gasteiger partial charge in [0.25, 0.3) is 0 Å². The number of rotatable bonds is 6. The molecule has 0 atom stereocenters. The Labute approximate surface area is 165 Å². The Morgan fingerprint density at radius 3 is 2.36 bits per heavy atom. The largest absolute Gasteiger partial charge is 0.240 e. The summed E-state index contributed by atoms with van der Waals surface area (Å²) in [7, 11) is -3.51. The summed E-state index contributed by atoms with van der Waals surface area (Å²) in [6.45, 7) is 0.313. The first-order valence-corrected chi connectivity index (χ1v) is 11.1. The zero-order valence-electron chi connectivity index (χ0n) is 15.6. The number of aromatic nitrogens is 2. The van der Waals surface area contributed by atoms with E-state index in [1.54, 1.807) is 18.5 Å². The minimum absolute atomic E-state index is 0.313. The van der Waals surface area contributed by atoms with Gasteiger partial charge in [0.2, 0.25) is 10.0 Å². The predicted molar refractivity (Wildman–Crippen MR) is 109 cm³/mol. The molecular formula is C22H23N3O2S. The molecule has 0 saturated heterocycles. The fraction of sp³-hybridized carbons (Fsp3) is 0.273. The average molecular weight is 394 g/mol. The van der Waals surface area contributed by atoms with Crippen LogP contribution >= 0.6 is 0 Å². The van der Waals surface area contributed by atoms with E-state index in [1.165, 1.54) is 17.5 Å². The molecule has 0 spiro atoms. The van der Waals surface area contributed by atoms with Crippen molar-refractivity contribution in [2.24, 2.45) is 0 Å². The molecule has 28 heavy (non-hydrogen) atoms. The number of nitrogens with zero attached hydrogens (tertiary/aromatic N) is 2. The maximum atomic E-state index is 12.6. The number of hydrogen-bond acceptors (Lipinski definition) is 4. The van der Waals surface area contributed by atoms with Crippen molar-refractivity contribution in [2.75, 3.05) is 6.54 Å². The van der Waals surface area contributed by atoms with E-state index in [-0.39, 0.29) is 0 Å². The molecule has 1 N–H and O–H groups in total. The van der Waals surface area contributed by atoms with Gasteiger partial charge in [0.1, 0.15) is 0 Å². The Hall–Kier alpha value is -2.57. The SMILES string of the molecule is O=S(=O)(NCCc1cnc(-c2ccccc2)nc1)c1ccc2c(c1)CCCC2. The lowest BCUT2D eigenvalue weighted by molar-refractivity contribution is 0.581. The highest BCUT2D eigenvalue weighted by atomic mass is 32.2. The van der Waals surface area contributed by atoms with E-state index >= 15 is 0 Å². The van der Waals surface area contributed by atoms with Gasteiger partial charge in [0, 0.05) is 24.5 Å². The molecule has 0 amide bonds. The molecule has 0 fully saturated rings. The van der Waals surface area contributed by atoms with E-state index in [2.05, 4.69) is 14.7 Å². The Morgan fingerprint density at radius 1 is 0.893 bits per heavy atom. The molecule has 1 heterocycles. The van der Waals surface area contributed by atoms with E-state index < -0.39 is 10.0 Å². The van der Waals surface area contributed by atoms with E-state index in [1.807, 2.05) is 42.5 Å². The number of hydrogen-bond donors (Lipinski definition) is 1. The van der Waals surface area contributed by atoms with E-state index in [9.17, 15) is 8.42 Å². The van der Waals surface area contributed by atoms with Crippen LogP contribution in [0.5, 0.6) is 0 Å². The molecule has 0 bridgehead atoms. The van der Waals surface area contributed by atoms with Crippen LogP contribution in [0.15, 0.2) is 65.8 Å². The van der Waals surface area contributed by atoms with Crippen LogP contribution in [0.2, 0.25) is 0 Å². The molecule has 2 aromatic carbocycles. The van der Waals surface area contributed by atoms with Gasteiger partial charge in [-0.3, -0.25) is 0 Å². The lowest BCUT2D eigenvalue weighted by Crippen LogP contribution is -2.26. The number of aryl methyl sites for hydroxylation is 2. The number of benzene rings is 2. The molecule has 0 saturated carbocycles. The second-order valence-corrected chi connectivity index (χ2v) is 8.83. The summed E-state index contributed by atoms with van der Waals surface area (Å²) < 4.78 is 27.9. The van der Waals surface area contributed by atoms with Crippen LogP contribution < -0.4 is 4.72 Å². The third-order valence-corrected chi connectivity index (χ3v) is 6.53. The van der Waals surface area contributed by atoms with Gasteiger partial charge in [-0.2, -0.15) is 0 Å². The van der Waals surface area contributed by atoms with Crippen molar-refractivity contribution in [3.8, 4) is 11.4 Å². The van der Waals surface area contributed by atoms with Crippen molar-refractivity contribution >= 4 is 10.0 Å². The van der Waals surface area contributed by atoms with Crippen LogP contribution in [0.3, 0.4) is 0 Å². The van der Waals surface area contributed by atoms with Gasteiger partial charge in [-0.15, -0.1) is 0 Å². The smallest absolute Gasteiger partial charge is 0.236 e. The quantitative estimate of drug-likeness (QED) is 0.695. The zero-order chi connectivity index (χ0) is 19.4. The molecular weight excluding hydrogens is 370 g/mol. The Bertz CT molecular complexity index is 1050. The van der Waals surface area contributed by atoms with E-state index in [4.69, 9.17) is 0 Å². The fourth-order valence-corrected chi connectivity index (χ4v) is 4.59. The van der Waals surface area contributed by atoms with Crippen LogP contribution in [0.1, 0.15) is 29.5 Å². The molecule has 4 rings (SSSR count). The van der Waals surface area contributed by atoms with Crippen LogP contribution in [-0.2, 0) is 29.3 Å². The Kier molecular flexibility index (Phi) is 5.50. The highest BCUT2D eigenvalue weighted by molar-refractivity contribution is 7.89. The van der Waals surface area contributed by atoms with Gasteiger partial charge in [0.15, 0.2) is 5.82 Å².